The second-order valence-corrected chi connectivity index (χ2v) is 8.90. The van der Waals surface area contributed by atoms with E-state index in [1.54, 1.807) is 69.6 Å². The number of hydrogen-bond acceptors (Lipinski definition) is 6. The van der Waals surface area contributed by atoms with Crippen molar-refractivity contribution in [1.29, 1.82) is 5.26 Å². The van der Waals surface area contributed by atoms with Crippen LogP contribution >= 0.6 is 0 Å². The van der Waals surface area contributed by atoms with Gasteiger partial charge in [0.15, 0.2) is 0 Å². The molecule has 32 heavy (non-hydrogen) atoms. The molecule has 0 aliphatic rings. The molecule has 0 atom stereocenters. The van der Waals surface area contributed by atoms with E-state index in [0.29, 0.717) is 46.2 Å². The van der Waals surface area contributed by atoms with Crippen molar-refractivity contribution in [1.82, 2.24) is 4.57 Å². The smallest absolute Gasteiger partial charge is 0.254 e. The number of aromatic nitrogens is 1. The molecule has 0 radical (unpaired) electrons. The van der Waals surface area contributed by atoms with Crippen LogP contribution in [-0.4, -0.2) is 25.3 Å². The Balaban J connectivity index is 2.16. The van der Waals surface area contributed by atoms with Crippen LogP contribution < -0.4 is 19.8 Å². The van der Waals surface area contributed by atoms with Gasteiger partial charge >= 0.3 is 0 Å². The molecule has 3 rings (SSSR count). The van der Waals surface area contributed by atoms with Crippen LogP contribution in [0.1, 0.15) is 19.4 Å². The van der Waals surface area contributed by atoms with Gasteiger partial charge in [0.2, 0.25) is 10.0 Å². The largest absolute Gasteiger partial charge is 0.493 e. The molecule has 0 fully saturated rings. The minimum atomic E-state index is -3.49. The second-order valence-electron chi connectivity index (χ2n) is 6.89. The molecule has 1 heterocycles. The van der Waals surface area contributed by atoms with Gasteiger partial charge in [0, 0.05) is 36.1 Å². The molecule has 8 nitrogen and oxygen atoms in total. The Bertz CT molecular complexity index is 1320. The van der Waals surface area contributed by atoms with E-state index in [4.69, 9.17) is 14.7 Å². The fraction of sp³-hybridized carbons (Fsp3) is 0.217. The summed E-state index contributed by atoms with van der Waals surface area (Å²) in [7, 11) is -1.88. The van der Waals surface area contributed by atoms with Gasteiger partial charge in [-0.05, 0) is 56.3 Å². The van der Waals surface area contributed by atoms with Gasteiger partial charge < -0.3 is 14.0 Å². The Morgan fingerprint density at radius 1 is 1.03 bits per heavy atom. The van der Waals surface area contributed by atoms with Crippen LogP contribution in [0.5, 0.6) is 17.2 Å². The Morgan fingerprint density at radius 2 is 1.75 bits per heavy atom. The molecule has 0 aliphatic carbocycles. The highest BCUT2D eigenvalue weighted by molar-refractivity contribution is 7.92. The molecule has 3 aromatic rings. The number of nitrogens with zero attached hydrogens (tertiary/aromatic N) is 2. The van der Waals surface area contributed by atoms with Crippen molar-refractivity contribution in [3.8, 4) is 34.4 Å². The number of pyridine rings is 1. The number of hydrogen-bond donors (Lipinski definition) is 1. The zero-order chi connectivity index (χ0) is 23.3. The van der Waals surface area contributed by atoms with Crippen LogP contribution in [0.4, 0.5) is 5.69 Å². The molecule has 9 heteroatoms. The maximum absolute atomic E-state index is 12.2. The number of sulfonamides is 1. The van der Waals surface area contributed by atoms with Gasteiger partial charge in [-0.2, -0.15) is 5.26 Å². The third-order valence-corrected chi connectivity index (χ3v) is 5.93. The van der Waals surface area contributed by atoms with E-state index in [9.17, 15) is 13.2 Å². The van der Waals surface area contributed by atoms with E-state index < -0.39 is 10.0 Å². The molecule has 0 unspecified atom stereocenters. The van der Waals surface area contributed by atoms with Gasteiger partial charge in [0.05, 0.1) is 24.0 Å². The second kappa shape index (κ2) is 9.58. The third-order valence-electron chi connectivity index (χ3n) is 4.62. The Labute approximate surface area is 186 Å². The summed E-state index contributed by atoms with van der Waals surface area (Å²) in [6, 6.07) is 14.9. The summed E-state index contributed by atoms with van der Waals surface area (Å²) in [6.45, 7) is 3.70. The molecular weight excluding hydrogens is 430 g/mol. The fourth-order valence-corrected chi connectivity index (χ4v) is 3.59. The molecule has 0 saturated heterocycles. The number of rotatable bonds is 8. The van der Waals surface area contributed by atoms with E-state index in [2.05, 4.69) is 10.8 Å². The molecule has 166 valence electrons. The SMILES string of the molecule is CCOc1cc(=O)n(C)cc1-c1cc(NS(=O)(=O)CC)ccc1Oc1ccc(C#N)cc1. The van der Waals surface area contributed by atoms with Crippen molar-refractivity contribution in [2.45, 2.75) is 13.8 Å². The Morgan fingerprint density at radius 3 is 2.38 bits per heavy atom. The van der Waals surface area contributed by atoms with Crippen molar-refractivity contribution in [3.05, 3.63) is 70.6 Å². The lowest BCUT2D eigenvalue weighted by Crippen LogP contribution is -2.16. The number of nitriles is 1. The van der Waals surface area contributed by atoms with E-state index >= 15 is 0 Å². The standard InChI is InChI=1S/C23H23N3O5S/c1-4-30-22-13-23(27)26(3)15-20(22)19-12-17(25-32(28,29)5-2)8-11-21(19)31-18-9-6-16(14-24)7-10-18/h6-13,15,25H,4-5H2,1-3H3. The van der Waals surface area contributed by atoms with Gasteiger partial charge in [0.1, 0.15) is 17.2 Å². The third kappa shape index (κ3) is 5.28. The van der Waals surface area contributed by atoms with Crippen molar-refractivity contribution in [3.63, 3.8) is 0 Å². The average molecular weight is 454 g/mol. The first-order valence-corrected chi connectivity index (χ1v) is 11.6. The highest BCUT2D eigenvalue weighted by Crippen LogP contribution is 2.39. The lowest BCUT2D eigenvalue weighted by Gasteiger charge is -2.17. The van der Waals surface area contributed by atoms with Crippen molar-refractivity contribution >= 4 is 15.7 Å². The van der Waals surface area contributed by atoms with Crippen molar-refractivity contribution in [2.24, 2.45) is 7.05 Å². The van der Waals surface area contributed by atoms with E-state index in [1.807, 2.05) is 0 Å². The Kier molecular flexibility index (Phi) is 6.85. The van der Waals surface area contributed by atoms with Crippen LogP contribution in [0, 0.1) is 11.3 Å². The normalized spacial score (nSPS) is 10.9. The van der Waals surface area contributed by atoms with Gasteiger partial charge in [-0.1, -0.05) is 0 Å². The van der Waals surface area contributed by atoms with Crippen LogP contribution in [-0.2, 0) is 17.1 Å². The topological polar surface area (TPSA) is 110 Å². The summed E-state index contributed by atoms with van der Waals surface area (Å²) < 4.78 is 39.8. The highest BCUT2D eigenvalue weighted by Gasteiger charge is 2.17. The molecule has 0 aliphatic heterocycles. The summed E-state index contributed by atoms with van der Waals surface area (Å²) in [5, 5.41) is 9.00. The first-order valence-electron chi connectivity index (χ1n) is 9.92. The predicted octanol–water partition coefficient (Wildman–Crippen LogP) is 3.88. The fourth-order valence-electron chi connectivity index (χ4n) is 2.96. The van der Waals surface area contributed by atoms with E-state index in [-0.39, 0.29) is 11.3 Å². The molecule has 0 amide bonds. The molecule has 1 N–H and O–H groups in total. The van der Waals surface area contributed by atoms with Gasteiger partial charge in [0.25, 0.3) is 5.56 Å². The number of aryl methyl sites for hydroxylation is 1. The summed E-state index contributed by atoms with van der Waals surface area (Å²) in [6.07, 6.45) is 1.62. The summed E-state index contributed by atoms with van der Waals surface area (Å²) in [4.78, 5) is 12.2. The maximum Gasteiger partial charge on any atom is 0.254 e. The predicted molar refractivity (Wildman–Crippen MR) is 123 cm³/mol. The number of nitrogens with one attached hydrogen (secondary N) is 1. The first kappa shape index (κ1) is 22.9. The lowest BCUT2D eigenvalue weighted by atomic mass is 10.0. The number of anilines is 1. The Hall–Kier alpha value is -3.77. The van der Waals surface area contributed by atoms with Crippen molar-refractivity contribution < 1.29 is 17.9 Å². The number of ether oxygens (including phenoxy) is 2. The zero-order valence-electron chi connectivity index (χ0n) is 18.0. The zero-order valence-corrected chi connectivity index (χ0v) is 18.8. The van der Waals surface area contributed by atoms with Gasteiger partial charge in [-0.15, -0.1) is 0 Å². The van der Waals surface area contributed by atoms with Gasteiger partial charge in [-0.25, -0.2) is 8.42 Å². The van der Waals surface area contributed by atoms with Crippen LogP contribution in [0.25, 0.3) is 11.1 Å². The number of benzene rings is 2. The molecular formula is C23H23N3O5S. The highest BCUT2D eigenvalue weighted by atomic mass is 32.2. The van der Waals surface area contributed by atoms with Crippen LogP contribution in [0.2, 0.25) is 0 Å². The summed E-state index contributed by atoms with van der Waals surface area (Å²) >= 11 is 0. The summed E-state index contributed by atoms with van der Waals surface area (Å²) in [5.41, 5.74) is 1.71. The molecule has 0 saturated carbocycles. The molecule has 0 spiro atoms. The molecule has 1 aromatic heterocycles. The monoisotopic (exact) mass is 453 g/mol. The average Bonchev–Trinajstić information content (AvgIpc) is 2.78. The first-order chi connectivity index (χ1) is 15.3. The lowest BCUT2D eigenvalue weighted by molar-refractivity contribution is 0.340. The minimum Gasteiger partial charge on any atom is -0.493 e. The summed E-state index contributed by atoms with van der Waals surface area (Å²) in [5.74, 6) is 1.20. The molecule has 2 aromatic carbocycles. The van der Waals surface area contributed by atoms with Crippen molar-refractivity contribution in [2.75, 3.05) is 17.1 Å². The van der Waals surface area contributed by atoms with Gasteiger partial charge in [-0.3, -0.25) is 9.52 Å². The van der Waals surface area contributed by atoms with E-state index in [0.717, 1.165) is 0 Å². The van der Waals surface area contributed by atoms with Crippen LogP contribution in [0.15, 0.2) is 59.5 Å². The molecule has 0 bridgehead atoms. The quantitative estimate of drug-likeness (QED) is 0.554. The minimum absolute atomic E-state index is 0.0736. The maximum atomic E-state index is 12.2. The van der Waals surface area contributed by atoms with Crippen LogP contribution in [0.3, 0.4) is 0 Å². The van der Waals surface area contributed by atoms with E-state index in [1.165, 1.54) is 10.6 Å².